The summed E-state index contributed by atoms with van der Waals surface area (Å²) in [4.78, 5) is 25.9. The molecule has 2 amide bonds. The number of ether oxygens (including phenoxy) is 2. The van der Waals surface area contributed by atoms with Crippen molar-refractivity contribution in [3.63, 3.8) is 0 Å². The highest BCUT2D eigenvalue weighted by Gasteiger charge is 2.22. The van der Waals surface area contributed by atoms with Crippen LogP contribution >= 0.6 is 0 Å². The maximum atomic E-state index is 12.3. The zero-order valence-corrected chi connectivity index (χ0v) is 14.7. The fourth-order valence-electron chi connectivity index (χ4n) is 2.84. The molecule has 0 atom stereocenters. The van der Waals surface area contributed by atoms with E-state index in [0.29, 0.717) is 31.7 Å². The first-order valence-electron chi connectivity index (χ1n) is 8.63. The standard InChI is InChI=1S/C20H22N2O4/c1-25-17-7-9-18(10-8-17)26-13-11-21-20(24)15-4-2-5-16(14-15)22-12-3-6-19(22)23/h2,4-5,7-10,14H,3,6,11-13H2,1H3,(H,21,24). The van der Waals surface area contributed by atoms with Crippen LogP contribution in [-0.2, 0) is 4.79 Å². The second-order valence-electron chi connectivity index (χ2n) is 5.98. The van der Waals surface area contributed by atoms with E-state index in [0.717, 1.165) is 23.6 Å². The number of hydrogen-bond donors (Lipinski definition) is 1. The SMILES string of the molecule is COc1ccc(OCCNC(=O)c2cccc(N3CCCC3=O)c2)cc1. The average Bonchev–Trinajstić information content (AvgIpc) is 3.11. The summed E-state index contributed by atoms with van der Waals surface area (Å²) in [7, 11) is 1.61. The van der Waals surface area contributed by atoms with Crippen molar-refractivity contribution in [2.45, 2.75) is 12.8 Å². The Balaban J connectivity index is 1.49. The van der Waals surface area contributed by atoms with Gasteiger partial charge in [-0.15, -0.1) is 0 Å². The van der Waals surface area contributed by atoms with E-state index in [1.165, 1.54) is 0 Å². The minimum absolute atomic E-state index is 0.107. The number of methoxy groups -OCH3 is 1. The molecule has 3 rings (SSSR count). The van der Waals surface area contributed by atoms with Gasteiger partial charge >= 0.3 is 0 Å². The highest BCUT2D eigenvalue weighted by Crippen LogP contribution is 2.22. The van der Waals surface area contributed by atoms with Crippen molar-refractivity contribution in [1.29, 1.82) is 0 Å². The Morgan fingerprint density at radius 2 is 1.92 bits per heavy atom. The third-order valence-electron chi connectivity index (χ3n) is 4.21. The van der Waals surface area contributed by atoms with Crippen LogP contribution in [-0.4, -0.2) is 38.6 Å². The van der Waals surface area contributed by atoms with Crippen molar-refractivity contribution >= 4 is 17.5 Å². The van der Waals surface area contributed by atoms with Crippen molar-refractivity contribution in [3.8, 4) is 11.5 Å². The van der Waals surface area contributed by atoms with E-state index in [4.69, 9.17) is 9.47 Å². The van der Waals surface area contributed by atoms with Gasteiger partial charge in [-0.25, -0.2) is 0 Å². The number of carbonyl (C=O) groups is 2. The van der Waals surface area contributed by atoms with Gasteiger partial charge in [0.15, 0.2) is 0 Å². The highest BCUT2D eigenvalue weighted by molar-refractivity contribution is 5.99. The fraction of sp³-hybridized carbons (Fsp3) is 0.300. The molecule has 0 radical (unpaired) electrons. The number of nitrogens with zero attached hydrogens (tertiary/aromatic N) is 1. The predicted octanol–water partition coefficient (Wildman–Crippen LogP) is 2.63. The third kappa shape index (κ3) is 4.33. The molecular weight excluding hydrogens is 332 g/mol. The van der Waals surface area contributed by atoms with Crippen molar-refractivity contribution in [2.75, 3.05) is 31.7 Å². The Morgan fingerprint density at radius 3 is 2.62 bits per heavy atom. The summed E-state index contributed by atoms with van der Waals surface area (Å²) in [6.07, 6.45) is 1.43. The summed E-state index contributed by atoms with van der Waals surface area (Å²) < 4.78 is 10.7. The molecule has 1 heterocycles. The molecule has 0 bridgehead atoms. The van der Waals surface area contributed by atoms with E-state index in [-0.39, 0.29) is 11.8 Å². The Labute approximate surface area is 152 Å². The quantitative estimate of drug-likeness (QED) is 0.776. The van der Waals surface area contributed by atoms with Crippen LogP contribution in [0.15, 0.2) is 48.5 Å². The molecule has 0 spiro atoms. The molecule has 136 valence electrons. The summed E-state index contributed by atoms with van der Waals surface area (Å²) in [5.41, 5.74) is 1.31. The molecule has 2 aromatic rings. The first kappa shape index (κ1) is 17.8. The first-order valence-corrected chi connectivity index (χ1v) is 8.63. The van der Waals surface area contributed by atoms with Gasteiger partial charge in [-0.3, -0.25) is 9.59 Å². The molecule has 0 unspecified atom stereocenters. The van der Waals surface area contributed by atoms with Gasteiger partial charge in [0, 0.05) is 24.2 Å². The smallest absolute Gasteiger partial charge is 0.251 e. The molecule has 0 aliphatic carbocycles. The lowest BCUT2D eigenvalue weighted by Crippen LogP contribution is -2.29. The zero-order chi connectivity index (χ0) is 18.4. The summed E-state index contributed by atoms with van der Waals surface area (Å²) in [5, 5.41) is 2.83. The van der Waals surface area contributed by atoms with Gasteiger partial charge in [0.05, 0.1) is 13.7 Å². The molecule has 6 heteroatoms. The van der Waals surface area contributed by atoms with Crippen LogP contribution < -0.4 is 19.7 Å². The van der Waals surface area contributed by atoms with Crippen LogP contribution in [0.3, 0.4) is 0 Å². The van der Waals surface area contributed by atoms with Crippen molar-refractivity contribution in [1.82, 2.24) is 5.32 Å². The largest absolute Gasteiger partial charge is 0.497 e. The number of nitrogens with one attached hydrogen (secondary N) is 1. The summed E-state index contributed by atoms with van der Waals surface area (Å²) >= 11 is 0. The van der Waals surface area contributed by atoms with Crippen LogP contribution in [0.5, 0.6) is 11.5 Å². The van der Waals surface area contributed by atoms with Gasteiger partial charge in [0.2, 0.25) is 5.91 Å². The van der Waals surface area contributed by atoms with E-state index in [9.17, 15) is 9.59 Å². The molecule has 0 aromatic heterocycles. The van der Waals surface area contributed by atoms with E-state index in [2.05, 4.69) is 5.32 Å². The number of benzene rings is 2. The highest BCUT2D eigenvalue weighted by atomic mass is 16.5. The lowest BCUT2D eigenvalue weighted by atomic mass is 10.1. The van der Waals surface area contributed by atoms with Crippen molar-refractivity contribution in [2.24, 2.45) is 0 Å². The van der Waals surface area contributed by atoms with Crippen molar-refractivity contribution in [3.05, 3.63) is 54.1 Å². The van der Waals surface area contributed by atoms with Crippen molar-refractivity contribution < 1.29 is 19.1 Å². The van der Waals surface area contributed by atoms with Gasteiger partial charge < -0.3 is 19.7 Å². The lowest BCUT2D eigenvalue weighted by molar-refractivity contribution is -0.117. The molecule has 1 aliphatic heterocycles. The van der Waals surface area contributed by atoms with Crippen LogP contribution in [0.25, 0.3) is 0 Å². The van der Waals surface area contributed by atoms with Gasteiger partial charge in [0.25, 0.3) is 5.91 Å². The zero-order valence-electron chi connectivity index (χ0n) is 14.7. The molecule has 26 heavy (non-hydrogen) atoms. The van der Waals surface area contributed by atoms with E-state index >= 15 is 0 Å². The normalized spacial score (nSPS) is 13.6. The topological polar surface area (TPSA) is 67.9 Å². The molecule has 1 saturated heterocycles. The van der Waals surface area contributed by atoms with Crippen LogP contribution in [0, 0.1) is 0 Å². The Hall–Kier alpha value is -3.02. The molecule has 0 saturated carbocycles. The minimum Gasteiger partial charge on any atom is -0.497 e. The molecule has 6 nitrogen and oxygen atoms in total. The lowest BCUT2D eigenvalue weighted by Gasteiger charge is -2.16. The number of carbonyl (C=O) groups excluding carboxylic acids is 2. The van der Waals surface area contributed by atoms with E-state index < -0.39 is 0 Å². The summed E-state index contributed by atoms with van der Waals surface area (Å²) in [6, 6.07) is 14.4. The fourth-order valence-corrected chi connectivity index (χ4v) is 2.84. The molecule has 1 aliphatic rings. The van der Waals surface area contributed by atoms with Crippen LogP contribution in [0.4, 0.5) is 5.69 Å². The predicted molar refractivity (Wildman–Crippen MR) is 98.9 cm³/mol. The van der Waals surface area contributed by atoms with E-state index in [1.54, 1.807) is 30.2 Å². The molecule has 1 fully saturated rings. The maximum Gasteiger partial charge on any atom is 0.251 e. The number of anilines is 1. The Morgan fingerprint density at radius 1 is 1.15 bits per heavy atom. The number of rotatable bonds is 7. The maximum absolute atomic E-state index is 12.3. The Kier molecular flexibility index (Phi) is 5.73. The summed E-state index contributed by atoms with van der Waals surface area (Å²) in [5.74, 6) is 1.41. The average molecular weight is 354 g/mol. The Bertz CT molecular complexity index is 774. The summed E-state index contributed by atoms with van der Waals surface area (Å²) in [6.45, 7) is 1.46. The van der Waals surface area contributed by atoms with Gasteiger partial charge in [0.1, 0.15) is 18.1 Å². The first-order chi connectivity index (χ1) is 12.7. The number of hydrogen-bond acceptors (Lipinski definition) is 4. The van der Waals surface area contributed by atoms with E-state index in [1.807, 2.05) is 30.3 Å². The minimum atomic E-state index is -0.183. The molecule has 1 N–H and O–H groups in total. The third-order valence-corrected chi connectivity index (χ3v) is 4.21. The monoisotopic (exact) mass is 354 g/mol. The molecular formula is C20H22N2O4. The second kappa shape index (κ2) is 8.38. The molecule has 2 aromatic carbocycles. The van der Waals surface area contributed by atoms with Gasteiger partial charge in [-0.2, -0.15) is 0 Å². The van der Waals surface area contributed by atoms with Crippen LogP contribution in [0.1, 0.15) is 23.2 Å². The number of amides is 2. The second-order valence-corrected chi connectivity index (χ2v) is 5.98. The van der Waals surface area contributed by atoms with Crippen LogP contribution in [0.2, 0.25) is 0 Å². The van der Waals surface area contributed by atoms with Gasteiger partial charge in [-0.1, -0.05) is 6.07 Å². The van der Waals surface area contributed by atoms with Gasteiger partial charge in [-0.05, 0) is 48.9 Å².